The summed E-state index contributed by atoms with van der Waals surface area (Å²) in [7, 11) is 0. The molecule has 0 aliphatic rings. The second-order valence-electron chi connectivity index (χ2n) is 7.76. The number of carbonyl (C=O) groups is 1. The van der Waals surface area contributed by atoms with Gasteiger partial charge in [0.1, 0.15) is 0 Å². The molecular weight excluding hydrogens is 322 g/mol. The van der Waals surface area contributed by atoms with Gasteiger partial charge in [0, 0.05) is 11.7 Å². The zero-order valence-corrected chi connectivity index (χ0v) is 15.2. The molecule has 0 amide bonds. The number of carboxylic acids is 1. The maximum atomic E-state index is 11.2. The molecule has 2 aromatic carbocycles. The summed E-state index contributed by atoms with van der Waals surface area (Å²) in [6.07, 6.45) is 1.68. The van der Waals surface area contributed by atoms with E-state index in [1.165, 1.54) is 11.1 Å². The smallest absolute Gasteiger partial charge is 0.337 e. The van der Waals surface area contributed by atoms with Crippen molar-refractivity contribution in [1.82, 2.24) is 4.40 Å². The van der Waals surface area contributed by atoms with Crippen molar-refractivity contribution in [2.75, 3.05) is 0 Å². The molecule has 0 radical (unpaired) electrons. The van der Waals surface area contributed by atoms with Gasteiger partial charge in [-0.05, 0) is 51.8 Å². The fourth-order valence-corrected chi connectivity index (χ4v) is 3.36. The lowest BCUT2D eigenvalue weighted by molar-refractivity contribution is 0.0697. The number of hydrogen-bond acceptors (Lipinski definition) is 1. The van der Waals surface area contributed by atoms with Crippen LogP contribution >= 0.6 is 0 Å². The van der Waals surface area contributed by atoms with Crippen LogP contribution in [0.25, 0.3) is 27.5 Å². The lowest BCUT2D eigenvalue weighted by Gasteiger charge is -2.19. The second kappa shape index (κ2) is 5.73. The van der Waals surface area contributed by atoms with E-state index in [4.69, 9.17) is 0 Å². The molecule has 130 valence electrons. The van der Waals surface area contributed by atoms with Crippen LogP contribution in [0, 0.1) is 0 Å². The molecule has 0 fully saturated rings. The Kier molecular flexibility index (Phi) is 3.62. The van der Waals surface area contributed by atoms with Gasteiger partial charge < -0.3 is 9.51 Å². The third-order valence-electron chi connectivity index (χ3n) is 4.90. The Hall–Kier alpha value is -3.07. The van der Waals surface area contributed by atoms with Gasteiger partial charge in [-0.25, -0.2) is 4.79 Å². The Morgan fingerprint density at radius 2 is 1.58 bits per heavy atom. The largest absolute Gasteiger partial charge is 0.478 e. The molecule has 0 saturated heterocycles. The van der Waals surface area contributed by atoms with E-state index in [0.29, 0.717) is 5.56 Å². The van der Waals surface area contributed by atoms with E-state index in [2.05, 4.69) is 63.2 Å². The molecule has 0 unspecified atom stereocenters. The summed E-state index contributed by atoms with van der Waals surface area (Å²) in [5.74, 6) is -0.905. The van der Waals surface area contributed by atoms with Gasteiger partial charge in [0.2, 0.25) is 0 Å². The summed E-state index contributed by atoms with van der Waals surface area (Å²) < 4.78 is 1.94. The quantitative estimate of drug-likeness (QED) is 0.503. The van der Waals surface area contributed by atoms with E-state index in [0.717, 1.165) is 22.0 Å². The Balaban J connectivity index is 1.80. The van der Waals surface area contributed by atoms with Crippen LogP contribution in [0.2, 0.25) is 0 Å². The maximum Gasteiger partial charge on any atom is 0.337 e. The maximum absolute atomic E-state index is 11.2. The summed E-state index contributed by atoms with van der Waals surface area (Å²) in [6.45, 7) is 6.64. The van der Waals surface area contributed by atoms with Crippen LogP contribution in [0.3, 0.4) is 0 Å². The highest BCUT2D eigenvalue weighted by Gasteiger charge is 2.13. The summed E-state index contributed by atoms with van der Waals surface area (Å²) in [5.41, 5.74) is 5.99. The number of fused-ring (bicyclic) bond motifs is 3. The van der Waals surface area contributed by atoms with E-state index >= 15 is 0 Å². The van der Waals surface area contributed by atoms with Crippen molar-refractivity contribution >= 4 is 22.4 Å². The van der Waals surface area contributed by atoms with Gasteiger partial charge in [0.05, 0.1) is 11.1 Å². The summed E-state index contributed by atoms with van der Waals surface area (Å²) in [6, 6.07) is 20.7. The molecule has 0 atom stereocenters. The van der Waals surface area contributed by atoms with Gasteiger partial charge in [-0.15, -0.1) is 0 Å². The highest BCUT2D eigenvalue weighted by Crippen LogP contribution is 2.29. The third-order valence-corrected chi connectivity index (χ3v) is 4.90. The fourth-order valence-electron chi connectivity index (χ4n) is 3.36. The number of carboxylic acid groups (broad SMARTS) is 1. The average Bonchev–Trinajstić information content (AvgIpc) is 3.05. The van der Waals surface area contributed by atoms with Crippen molar-refractivity contribution in [2.45, 2.75) is 26.2 Å². The van der Waals surface area contributed by atoms with Crippen LogP contribution < -0.4 is 0 Å². The van der Waals surface area contributed by atoms with Crippen molar-refractivity contribution in [3.8, 4) is 11.1 Å². The first-order valence-corrected chi connectivity index (χ1v) is 8.72. The minimum Gasteiger partial charge on any atom is -0.478 e. The fraction of sp³-hybridized carbons (Fsp3) is 0.174. The Labute approximate surface area is 152 Å². The van der Waals surface area contributed by atoms with Gasteiger partial charge in [0.15, 0.2) is 0 Å². The normalized spacial score (nSPS) is 12.0. The minimum absolute atomic E-state index is 0.143. The monoisotopic (exact) mass is 343 g/mol. The number of pyridine rings is 1. The highest BCUT2D eigenvalue weighted by molar-refractivity contribution is 5.93. The van der Waals surface area contributed by atoms with E-state index in [1.54, 1.807) is 12.3 Å². The molecule has 0 saturated carbocycles. The lowest BCUT2D eigenvalue weighted by atomic mass is 9.86. The van der Waals surface area contributed by atoms with E-state index in [1.807, 2.05) is 16.5 Å². The van der Waals surface area contributed by atoms with Crippen LogP contribution in [0.4, 0.5) is 0 Å². The molecule has 4 aromatic rings. The molecule has 1 N–H and O–H groups in total. The molecule has 3 heteroatoms. The third kappa shape index (κ3) is 2.76. The minimum atomic E-state index is -0.905. The zero-order valence-electron chi connectivity index (χ0n) is 15.2. The molecular formula is C23H21NO2. The standard InChI is InChI=1S/C23H21NO2/c1-23(2,3)19-8-4-15(5-9-19)16-7-11-21-17(12-16)6-10-20-13-18(22(25)26)14-24(20)21/h4-14H,1-3H3,(H,25,26). The first-order valence-electron chi connectivity index (χ1n) is 8.72. The first-order chi connectivity index (χ1) is 12.3. The molecule has 2 aromatic heterocycles. The predicted octanol–water partition coefficient (Wildman–Crippen LogP) is 5.76. The van der Waals surface area contributed by atoms with Gasteiger partial charge in [-0.2, -0.15) is 0 Å². The summed E-state index contributed by atoms with van der Waals surface area (Å²) in [4.78, 5) is 11.2. The van der Waals surface area contributed by atoms with E-state index in [9.17, 15) is 9.90 Å². The highest BCUT2D eigenvalue weighted by atomic mass is 16.4. The number of aromatic carboxylic acids is 1. The molecule has 4 rings (SSSR count). The number of benzene rings is 2. The number of rotatable bonds is 2. The van der Waals surface area contributed by atoms with Crippen LogP contribution in [0.1, 0.15) is 36.7 Å². The Morgan fingerprint density at radius 3 is 2.23 bits per heavy atom. The number of aromatic nitrogens is 1. The molecule has 3 nitrogen and oxygen atoms in total. The van der Waals surface area contributed by atoms with Gasteiger partial charge >= 0.3 is 5.97 Å². The molecule has 0 bridgehead atoms. The summed E-state index contributed by atoms with van der Waals surface area (Å²) in [5, 5.41) is 10.3. The van der Waals surface area contributed by atoms with Gasteiger partial charge in [-0.3, -0.25) is 0 Å². The predicted molar refractivity (Wildman–Crippen MR) is 106 cm³/mol. The Morgan fingerprint density at radius 1 is 0.885 bits per heavy atom. The van der Waals surface area contributed by atoms with E-state index < -0.39 is 5.97 Å². The SMILES string of the molecule is CC(C)(C)c1ccc(-c2ccc3c(ccc4cc(C(=O)O)cn43)c2)cc1. The van der Waals surface area contributed by atoms with E-state index in [-0.39, 0.29) is 5.41 Å². The Bertz CT molecular complexity index is 1130. The number of hydrogen-bond donors (Lipinski definition) is 1. The van der Waals surface area contributed by atoms with Crippen molar-refractivity contribution < 1.29 is 9.90 Å². The van der Waals surface area contributed by atoms with Gasteiger partial charge in [-0.1, -0.05) is 57.2 Å². The topological polar surface area (TPSA) is 41.7 Å². The van der Waals surface area contributed by atoms with Crippen molar-refractivity contribution in [2.24, 2.45) is 0 Å². The lowest BCUT2D eigenvalue weighted by Crippen LogP contribution is -2.10. The zero-order chi connectivity index (χ0) is 18.5. The van der Waals surface area contributed by atoms with Crippen LogP contribution in [-0.2, 0) is 5.41 Å². The first kappa shape index (κ1) is 16.4. The molecule has 26 heavy (non-hydrogen) atoms. The molecule has 2 heterocycles. The molecule has 0 spiro atoms. The van der Waals surface area contributed by atoms with Crippen LogP contribution in [0.15, 0.2) is 66.9 Å². The van der Waals surface area contributed by atoms with Crippen molar-refractivity contribution in [3.05, 3.63) is 78.0 Å². The molecule has 0 aliphatic heterocycles. The number of nitrogens with zero attached hydrogens (tertiary/aromatic N) is 1. The summed E-state index contributed by atoms with van der Waals surface area (Å²) >= 11 is 0. The van der Waals surface area contributed by atoms with Crippen LogP contribution in [0.5, 0.6) is 0 Å². The molecule has 0 aliphatic carbocycles. The van der Waals surface area contributed by atoms with Gasteiger partial charge in [0.25, 0.3) is 0 Å². The van der Waals surface area contributed by atoms with Crippen LogP contribution in [-0.4, -0.2) is 15.5 Å². The average molecular weight is 343 g/mol. The van der Waals surface area contributed by atoms with Crippen molar-refractivity contribution in [1.29, 1.82) is 0 Å². The van der Waals surface area contributed by atoms with Crippen molar-refractivity contribution in [3.63, 3.8) is 0 Å². The second-order valence-corrected chi connectivity index (χ2v) is 7.76.